The maximum Gasteiger partial charge on any atom is 0.241 e. The van der Waals surface area contributed by atoms with Crippen molar-refractivity contribution in [3.05, 3.63) is 29.3 Å². The summed E-state index contributed by atoms with van der Waals surface area (Å²) >= 11 is 0. The Bertz CT molecular complexity index is 928. The highest BCUT2D eigenvalue weighted by molar-refractivity contribution is 7.89. The van der Waals surface area contributed by atoms with Crippen molar-refractivity contribution in [3.8, 4) is 0 Å². The molecular formula is C22H33N3O4S. The Kier molecular flexibility index (Phi) is 6.57. The molecule has 30 heavy (non-hydrogen) atoms. The molecule has 2 aliphatic rings. The third-order valence-electron chi connectivity index (χ3n) is 7.19. The van der Waals surface area contributed by atoms with Crippen LogP contribution in [0.4, 0.5) is 0 Å². The summed E-state index contributed by atoms with van der Waals surface area (Å²) in [5, 5.41) is 3.06. The fourth-order valence-corrected chi connectivity index (χ4v) is 6.66. The first kappa shape index (κ1) is 22.7. The molecule has 0 spiro atoms. The summed E-state index contributed by atoms with van der Waals surface area (Å²) in [6.07, 6.45) is 4.93. The van der Waals surface area contributed by atoms with Gasteiger partial charge in [0, 0.05) is 11.5 Å². The lowest BCUT2D eigenvalue weighted by Gasteiger charge is -2.51. The minimum absolute atomic E-state index is 0.0551. The van der Waals surface area contributed by atoms with Crippen LogP contribution in [-0.4, -0.2) is 32.8 Å². The van der Waals surface area contributed by atoms with Crippen LogP contribution in [0.2, 0.25) is 0 Å². The van der Waals surface area contributed by atoms with Gasteiger partial charge in [-0.2, -0.15) is 0 Å². The van der Waals surface area contributed by atoms with E-state index >= 15 is 0 Å². The number of primary amides is 1. The summed E-state index contributed by atoms with van der Waals surface area (Å²) < 4.78 is 27.8. The van der Waals surface area contributed by atoms with Crippen molar-refractivity contribution in [1.29, 1.82) is 0 Å². The lowest BCUT2D eigenvalue weighted by molar-refractivity contribution is -0.136. The van der Waals surface area contributed by atoms with Gasteiger partial charge < -0.3 is 11.1 Å². The average molecular weight is 436 g/mol. The SMILES string of the molecule is CCC1CC2(C(N)=O)CCCC(C2)C1NC(=O)CNS(=O)(=O)c1cccc(C)c1C. The first-order valence-electron chi connectivity index (χ1n) is 10.7. The Hall–Kier alpha value is -1.93. The largest absolute Gasteiger partial charge is 0.369 e. The maximum atomic E-state index is 12.7. The van der Waals surface area contributed by atoms with Gasteiger partial charge in [0.25, 0.3) is 0 Å². The minimum Gasteiger partial charge on any atom is -0.369 e. The molecule has 2 aliphatic carbocycles. The highest BCUT2D eigenvalue weighted by Crippen LogP contribution is 2.51. The second kappa shape index (κ2) is 8.67. The molecule has 0 saturated heterocycles. The summed E-state index contributed by atoms with van der Waals surface area (Å²) in [5.41, 5.74) is 6.85. The molecule has 2 bridgehead atoms. The smallest absolute Gasteiger partial charge is 0.241 e. The number of carbonyl (C=O) groups is 2. The van der Waals surface area contributed by atoms with Crippen LogP contribution in [0.3, 0.4) is 0 Å². The Balaban J connectivity index is 1.67. The van der Waals surface area contributed by atoms with Crippen LogP contribution in [0, 0.1) is 31.1 Å². The van der Waals surface area contributed by atoms with Crippen molar-refractivity contribution >= 4 is 21.8 Å². The first-order chi connectivity index (χ1) is 14.1. The summed E-state index contributed by atoms with van der Waals surface area (Å²) in [6, 6.07) is 5.03. The zero-order chi connectivity index (χ0) is 22.1. The average Bonchev–Trinajstić information content (AvgIpc) is 2.70. The Morgan fingerprint density at radius 3 is 2.63 bits per heavy atom. The molecule has 8 heteroatoms. The topological polar surface area (TPSA) is 118 Å². The van der Waals surface area contributed by atoms with Gasteiger partial charge >= 0.3 is 0 Å². The lowest BCUT2D eigenvalue weighted by Crippen LogP contribution is -2.57. The van der Waals surface area contributed by atoms with E-state index in [9.17, 15) is 18.0 Å². The van der Waals surface area contributed by atoms with Gasteiger partial charge in [-0.25, -0.2) is 13.1 Å². The molecular weight excluding hydrogens is 402 g/mol. The summed E-state index contributed by atoms with van der Waals surface area (Å²) in [4.78, 5) is 25.0. The van der Waals surface area contributed by atoms with E-state index in [0.29, 0.717) is 18.4 Å². The summed E-state index contributed by atoms with van der Waals surface area (Å²) in [6.45, 7) is 5.36. The highest BCUT2D eigenvalue weighted by atomic mass is 32.2. The van der Waals surface area contributed by atoms with Crippen LogP contribution in [0.1, 0.15) is 56.6 Å². The minimum atomic E-state index is -3.78. The predicted octanol–water partition coefficient (Wildman–Crippen LogP) is 2.16. The third kappa shape index (κ3) is 4.39. The van der Waals surface area contributed by atoms with Crippen LogP contribution < -0.4 is 15.8 Å². The number of hydrogen-bond donors (Lipinski definition) is 3. The second-order valence-electron chi connectivity index (χ2n) is 8.99. The highest BCUT2D eigenvalue weighted by Gasteiger charge is 2.51. The number of aryl methyl sites for hydroxylation is 1. The van der Waals surface area contributed by atoms with Gasteiger partial charge in [-0.1, -0.05) is 31.9 Å². The van der Waals surface area contributed by atoms with E-state index in [1.807, 2.05) is 13.0 Å². The molecule has 3 rings (SSSR count). The number of benzene rings is 1. The van der Waals surface area contributed by atoms with E-state index in [2.05, 4.69) is 17.0 Å². The van der Waals surface area contributed by atoms with Crippen LogP contribution in [-0.2, 0) is 19.6 Å². The molecule has 7 nitrogen and oxygen atoms in total. The molecule has 4 N–H and O–H groups in total. The van der Waals surface area contributed by atoms with E-state index in [-0.39, 0.29) is 41.1 Å². The number of nitrogens with one attached hydrogen (secondary N) is 2. The molecule has 0 heterocycles. The van der Waals surface area contributed by atoms with Crippen LogP contribution in [0.15, 0.2) is 23.1 Å². The molecule has 166 valence electrons. The molecule has 0 aromatic heterocycles. The van der Waals surface area contributed by atoms with Gasteiger partial charge in [0.05, 0.1) is 11.4 Å². The molecule has 2 saturated carbocycles. The normalized spacial score (nSPS) is 28.7. The fourth-order valence-electron chi connectivity index (χ4n) is 5.36. The van der Waals surface area contributed by atoms with Gasteiger partial charge in [0.2, 0.25) is 21.8 Å². The quantitative estimate of drug-likeness (QED) is 0.608. The number of carbonyl (C=O) groups excluding carboxylic acids is 2. The van der Waals surface area contributed by atoms with Gasteiger partial charge in [-0.05, 0) is 68.6 Å². The van der Waals surface area contributed by atoms with Gasteiger partial charge in [-0.3, -0.25) is 9.59 Å². The van der Waals surface area contributed by atoms with E-state index in [0.717, 1.165) is 31.2 Å². The summed E-state index contributed by atoms with van der Waals surface area (Å²) in [7, 11) is -3.78. The number of hydrogen-bond acceptors (Lipinski definition) is 4. The van der Waals surface area contributed by atoms with E-state index in [1.54, 1.807) is 19.1 Å². The standard InChI is InChI=1S/C22H33N3O4S/c1-4-16-11-22(21(23)27)10-6-8-17(12-22)20(16)25-19(26)13-24-30(28,29)18-9-5-7-14(2)15(18)3/h5,7,9,16-17,20,24H,4,6,8,10-13H2,1-3H3,(H2,23,27)(H,25,26). The van der Waals surface area contributed by atoms with Crippen LogP contribution in [0.5, 0.6) is 0 Å². The number of rotatable bonds is 7. The van der Waals surface area contributed by atoms with Gasteiger partial charge in [-0.15, -0.1) is 0 Å². The zero-order valence-electron chi connectivity index (χ0n) is 18.0. The van der Waals surface area contributed by atoms with Crippen LogP contribution in [0.25, 0.3) is 0 Å². The Morgan fingerprint density at radius 1 is 1.23 bits per heavy atom. The Morgan fingerprint density at radius 2 is 1.97 bits per heavy atom. The Labute approximate surface area is 179 Å². The second-order valence-corrected chi connectivity index (χ2v) is 10.7. The predicted molar refractivity (Wildman–Crippen MR) is 115 cm³/mol. The van der Waals surface area contributed by atoms with Crippen molar-refractivity contribution in [2.45, 2.75) is 70.2 Å². The number of nitrogens with two attached hydrogens (primary N) is 1. The van der Waals surface area contributed by atoms with Crippen molar-refractivity contribution in [2.75, 3.05) is 6.54 Å². The zero-order valence-corrected chi connectivity index (χ0v) is 18.8. The van der Waals surface area contributed by atoms with E-state index < -0.39 is 15.4 Å². The molecule has 4 unspecified atom stereocenters. The molecule has 0 aliphatic heterocycles. The van der Waals surface area contributed by atoms with Gasteiger partial charge in [0.15, 0.2) is 0 Å². The van der Waals surface area contributed by atoms with Crippen molar-refractivity contribution < 1.29 is 18.0 Å². The monoisotopic (exact) mass is 435 g/mol. The third-order valence-corrected chi connectivity index (χ3v) is 8.74. The molecule has 2 fully saturated rings. The fraction of sp³-hybridized carbons (Fsp3) is 0.636. The number of sulfonamides is 1. The maximum absolute atomic E-state index is 12.7. The molecule has 1 aromatic rings. The number of amides is 2. The van der Waals surface area contributed by atoms with Crippen molar-refractivity contribution in [2.24, 2.45) is 23.0 Å². The van der Waals surface area contributed by atoms with Gasteiger partial charge in [0.1, 0.15) is 0 Å². The lowest BCUT2D eigenvalue weighted by atomic mass is 9.56. The number of fused-ring (bicyclic) bond motifs is 2. The molecule has 0 radical (unpaired) electrons. The van der Waals surface area contributed by atoms with Crippen molar-refractivity contribution in [1.82, 2.24) is 10.0 Å². The molecule has 1 aromatic carbocycles. The van der Waals surface area contributed by atoms with E-state index in [1.165, 1.54) is 0 Å². The first-order valence-corrected chi connectivity index (χ1v) is 12.2. The summed E-state index contributed by atoms with van der Waals surface area (Å²) in [5.74, 6) is -0.207. The van der Waals surface area contributed by atoms with Crippen LogP contribution >= 0.6 is 0 Å². The van der Waals surface area contributed by atoms with E-state index in [4.69, 9.17) is 5.73 Å². The molecule has 4 atom stereocenters. The molecule has 2 amide bonds. The van der Waals surface area contributed by atoms with Crippen molar-refractivity contribution in [3.63, 3.8) is 0 Å².